The molecule has 0 aliphatic heterocycles. The van der Waals surface area contributed by atoms with E-state index >= 15 is 0 Å². The summed E-state index contributed by atoms with van der Waals surface area (Å²) in [7, 11) is 1.93. The van der Waals surface area contributed by atoms with Crippen LogP contribution in [0.15, 0.2) is 44.4 Å². The number of aromatic nitrogens is 1. The van der Waals surface area contributed by atoms with Crippen LogP contribution < -0.4 is 5.32 Å². The highest BCUT2D eigenvalue weighted by Gasteiger charge is 2.16. The van der Waals surface area contributed by atoms with Gasteiger partial charge in [-0.3, -0.25) is 0 Å². The molecule has 0 bridgehead atoms. The van der Waals surface area contributed by atoms with E-state index in [2.05, 4.69) is 22.4 Å². The molecule has 3 rings (SSSR count). The minimum atomic E-state index is 0.120. The van der Waals surface area contributed by atoms with E-state index in [1.807, 2.05) is 39.1 Å². The predicted octanol–water partition coefficient (Wildman–Crippen LogP) is 4.09. The lowest BCUT2D eigenvalue weighted by Crippen LogP contribution is -2.18. The average molecular weight is 302 g/mol. The van der Waals surface area contributed by atoms with Crippen molar-refractivity contribution in [2.24, 2.45) is 0 Å². The summed E-state index contributed by atoms with van der Waals surface area (Å²) in [6.45, 7) is 3.89. The molecule has 3 aromatic rings. The molecule has 1 N–H and O–H groups in total. The summed E-state index contributed by atoms with van der Waals surface area (Å²) < 4.78 is 11.5. The molecule has 0 saturated heterocycles. The molecule has 2 heterocycles. The third-order valence-corrected chi connectivity index (χ3v) is 4.44. The maximum absolute atomic E-state index is 5.91. The number of fused-ring (bicyclic) bond motifs is 1. The standard InChI is InChI=1S/C16H18N2O2S/c1-10-11(2)19-16(18-10)21-9-13(17-3)15-8-12-6-4-5-7-14(12)20-15/h4-8,13,17H,9H2,1-3H3. The molecule has 0 aliphatic rings. The zero-order valence-corrected chi connectivity index (χ0v) is 13.2. The monoisotopic (exact) mass is 302 g/mol. The van der Waals surface area contributed by atoms with Gasteiger partial charge in [-0.1, -0.05) is 30.0 Å². The highest BCUT2D eigenvalue weighted by atomic mass is 32.2. The maximum Gasteiger partial charge on any atom is 0.256 e. The number of hydrogen-bond acceptors (Lipinski definition) is 5. The molecular formula is C16H18N2O2S. The highest BCUT2D eigenvalue weighted by molar-refractivity contribution is 7.99. The lowest BCUT2D eigenvalue weighted by molar-refractivity contribution is 0.429. The maximum atomic E-state index is 5.91. The summed E-state index contributed by atoms with van der Waals surface area (Å²) in [5.41, 5.74) is 1.86. The first-order chi connectivity index (χ1) is 10.2. The molecule has 0 amide bonds. The molecule has 0 saturated carbocycles. The van der Waals surface area contributed by atoms with Gasteiger partial charge in [0.1, 0.15) is 17.1 Å². The van der Waals surface area contributed by atoms with Crippen molar-refractivity contribution in [3.05, 3.63) is 47.5 Å². The topological polar surface area (TPSA) is 51.2 Å². The van der Waals surface area contributed by atoms with Crippen LogP contribution in [0.2, 0.25) is 0 Å². The Kier molecular flexibility index (Phi) is 4.03. The summed E-state index contributed by atoms with van der Waals surface area (Å²) in [5.74, 6) is 2.61. The molecule has 1 unspecified atom stereocenters. The molecule has 0 spiro atoms. The Morgan fingerprint density at radius 2 is 2.05 bits per heavy atom. The third kappa shape index (κ3) is 2.99. The summed E-state index contributed by atoms with van der Waals surface area (Å²) in [5, 5.41) is 5.12. The second-order valence-corrected chi connectivity index (χ2v) is 5.93. The van der Waals surface area contributed by atoms with Crippen LogP contribution in [-0.2, 0) is 0 Å². The number of nitrogens with one attached hydrogen (secondary N) is 1. The van der Waals surface area contributed by atoms with E-state index in [0.717, 1.165) is 33.9 Å². The van der Waals surface area contributed by atoms with Gasteiger partial charge in [0.25, 0.3) is 5.22 Å². The molecule has 4 nitrogen and oxygen atoms in total. The summed E-state index contributed by atoms with van der Waals surface area (Å²) in [6, 6.07) is 10.3. The molecular weight excluding hydrogens is 284 g/mol. The van der Waals surface area contributed by atoms with Crippen LogP contribution in [0.5, 0.6) is 0 Å². The second kappa shape index (κ2) is 5.95. The first-order valence-corrected chi connectivity index (χ1v) is 7.88. The Bertz CT molecular complexity index is 695. The Morgan fingerprint density at radius 1 is 1.24 bits per heavy atom. The van der Waals surface area contributed by atoms with Crippen LogP contribution in [0.1, 0.15) is 23.3 Å². The van der Waals surface area contributed by atoms with Crippen LogP contribution >= 0.6 is 11.8 Å². The third-order valence-electron chi connectivity index (χ3n) is 3.52. The van der Waals surface area contributed by atoms with Gasteiger partial charge in [-0.2, -0.15) is 0 Å². The molecule has 110 valence electrons. The number of furan rings is 1. The number of rotatable bonds is 5. The van der Waals surface area contributed by atoms with E-state index in [1.165, 1.54) is 0 Å². The smallest absolute Gasteiger partial charge is 0.256 e. The number of benzene rings is 1. The van der Waals surface area contributed by atoms with Gasteiger partial charge in [0.15, 0.2) is 0 Å². The quantitative estimate of drug-likeness (QED) is 0.719. The molecule has 1 aromatic carbocycles. The van der Waals surface area contributed by atoms with Crippen molar-refractivity contribution in [3.8, 4) is 0 Å². The minimum Gasteiger partial charge on any atom is -0.459 e. The van der Waals surface area contributed by atoms with Gasteiger partial charge in [0.2, 0.25) is 0 Å². The van der Waals surface area contributed by atoms with Crippen LogP contribution in [0.25, 0.3) is 11.0 Å². The number of nitrogens with zero attached hydrogens (tertiary/aromatic N) is 1. The van der Waals surface area contributed by atoms with E-state index in [9.17, 15) is 0 Å². The number of aryl methyl sites for hydroxylation is 2. The Morgan fingerprint density at radius 3 is 2.71 bits per heavy atom. The van der Waals surface area contributed by atoms with E-state index in [4.69, 9.17) is 8.83 Å². The van der Waals surface area contributed by atoms with Crippen molar-refractivity contribution in [3.63, 3.8) is 0 Å². The fourth-order valence-electron chi connectivity index (χ4n) is 2.14. The zero-order chi connectivity index (χ0) is 14.8. The van der Waals surface area contributed by atoms with Gasteiger partial charge in [0.05, 0.1) is 11.7 Å². The molecule has 0 radical (unpaired) electrons. The van der Waals surface area contributed by atoms with E-state index in [1.54, 1.807) is 11.8 Å². The molecule has 1 atom stereocenters. The number of thioether (sulfide) groups is 1. The van der Waals surface area contributed by atoms with Crippen LogP contribution in [0.4, 0.5) is 0 Å². The number of para-hydroxylation sites is 1. The Labute approximate surface area is 127 Å². The van der Waals surface area contributed by atoms with Crippen LogP contribution in [0.3, 0.4) is 0 Å². The predicted molar refractivity (Wildman–Crippen MR) is 84.7 cm³/mol. The fraction of sp³-hybridized carbons (Fsp3) is 0.312. The highest BCUT2D eigenvalue weighted by Crippen LogP contribution is 2.29. The molecule has 21 heavy (non-hydrogen) atoms. The Balaban J connectivity index is 1.75. The average Bonchev–Trinajstić information content (AvgIpc) is 3.03. The van der Waals surface area contributed by atoms with Crippen molar-refractivity contribution in [1.29, 1.82) is 0 Å². The van der Waals surface area contributed by atoms with Crippen molar-refractivity contribution in [1.82, 2.24) is 10.3 Å². The summed E-state index contributed by atoms with van der Waals surface area (Å²) in [6.07, 6.45) is 0. The van der Waals surface area contributed by atoms with Crippen LogP contribution in [0, 0.1) is 13.8 Å². The first kappa shape index (κ1) is 14.2. The van der Waals surface area contributed by atoms with Gasteiger partial charge < -0.3 is 14.2 Å². The largest absolute Gasteiger partial charge is 0.459 e. The van der Waals surface area contributed by atoms with Gasteiger partial charge in [0, 0.05) is 11.1 Å². The Hall–Kier alpha value is -1.72. The molecule has 5 heteroatoms. The van der Waals surface area contributed by atoms with Crippen molar-refractivity contribution in [2.45, 2.75) is 25.1 Å². The molecule has 0 aliphatic carbocycles. The summed E-state index contributed by atoms with van der Waals surface area (Å²) >= 11 is 1.59. The summed E-state index contributed by atoms with van der Waals surface area (Å²) in [4.78, 5) is 4.39. The number of hydrogen-bond donors (Lipinski definition) is 1. The van der Waals surface area contributed by atoms with E-state index in [-0.39, 0.29) is 6.04 Å². The minimum absolute atomic E-state index is 0.120. The first-order valence-electron chi connectivity index (χ1n) is 6.90. The normalized spacial score (nSPS) is 12.9. The lowest BCUT2D eigenvalue weighted by atomic mass is 10.2. The van der Waals surface area contributed by atoms with Crippen molar-refractivity contribution >= 4 is 22.7 Å². The van der Waals surface area contributed by atoms with Gasteiger partial charge in [-0.05, 0) is 33.0 Å². The second-order valence-electron chi connectivity index (χ2n) is 4.96. The van der Waals surface area contributed by atoms with E-state index in [0.29, 0.717) is 5.22 Å². The lowest BCUT2D eigenvalue weighted by Gasteiger charge is -2.11. The van der Waals surface area contributed by atoms with Gasteiger partial charge >= 0.3 is 0 Å². The molecule has 0 fully saturated rings. The van der Waals surface area contributed by atoms with Crippen molar-refractivity contribution < 1.29 is 8.83 Å². The SMILES string of the molecule is CNC(CSc1nc(C)c(C)o1)c1cc2ccccc2o1. The van der Waals surface area contributed by atoms with Gasteiger partial charge in [-0.25, -0.2) is 4.98 Å². The zero-order valence-electron chi connectivity index (χ0n) is 12.3. The molecule has 2 aromatic heterocycles. The van der Waals surface area contributed by atoms with E-state index < -0.39 is 0 Å². The van der Waals surface area contributed by atoms with Crippen molar-refractivity contribution in [2.75, 3.05) is 12.8 Å². The fourth-order valence-corrected chi connectivity index (χ4v) is 3.17. The van der Waals surface area contributed by atoms with Crippen LogP contribution in [-0.4, -0.2) is 17.8 Å². The van der Waals surface area contributed by atoms with Gasteiger partial charge in [-0.15, -0.1) is 0 Å². The number of oxazole rings is 1.